The van der Waals surface area contributed by atoms with E-state index in [1.54, 1.807) is 11.1 Å². The number of hydrogen-bond acceptors (Lipinski definition) is 4. The van der Waals surface area contributed by atoms with Crippen LogP contribution in [-0.4, -0.2) is 52.5 Å². The fraction of sp³-hybridized carbons (Fsp3) is 0.688. The number of nitrogens with one attached hydrogen (secondary N) is 1. The van der Waals surface area contributed by atoms with E-state index in [0.29, 0.717) is 11.7 Å². The molecule has 0 saturated carbocycles. The summed E-state index contributed by atoms with van der Waals surface area (Å²) in [6.07, 6.45) is 10.1. The highest BCUT2D eigenvalue weighted by atomic mass is 16.2. The highest BCUT2D eigenvalue weighted by Gasteiger charge is 2.20. The highest BCUT2D eigenvalue weighted by Crippen LogP contribution is 2.17. The van der Waals surface area contributed by atoms with Crippen molar-refractivity contribution < 1.29 is 4.79 Å². The number of allylic oxidation sites excluding steroid dienone is 1. The van der Waals surface area contributed by atoms with Crippen molar-refractivity contribution >= 4 is 5.91 Å². The molecule has 1 aliphatic rings. The Balaban J connectivity index is 1.81. The van der Waals surface area contributed by atoms with Gasteiger partial charge in [0.25, 0.3) is 5.91 Å². The summed E-state index contributed by atoms with van der Waals surface area (Å²) in [5, 5.41) is 11.5. The molecule has 1 saturated heterocycles. The topological polar surface area (TPSA) is 63.1 Å². The highest BCUT2D eigenvalue weighted by molar-refractivity contribution is 5.91. The van der Waals surface area contributed by atoms with Crippen molar-refractivity contribution in [1.82, 2.24) is 25.2 Å². The van der Waals surface area contributed by atoms with Gasteiger partial charge in [0.15, 0.2) is 5.69 Å². The Morgan fingerprint density at radius 2 is 2.23 bits per heavy atom. The third-order valence-corrected chi connectivity index (χ3v) is 4.16. The first-order chi connectivity index (χ1) is 10.7. The molecule has 0 aromatic carbocycles. The van der Waals surface area contributed by atoms with Gasteiger partial charge in [0, 0.05) is 13.6 Å². The fourth-order valence-electron chi connectivity index (χ4n) is 2.74. The molecule has 2 heterocycles. The summed E-state index contributed by atoms with van der Waals surface area (Å²) >= 11 is 0. The van der Waals surface area contributed by atoms with Crippen LogP contribution in [0.25, 0.3) is 0 Å². The van der Waals surface area contributed by atoms with E-state index in [1.807, 2.05) is 17.8 Å². The van der Waals surface area contributed by atoms with Crippen molar-refractivity contribution in [3.05, 3.63) is 24.5 Å². The van der Waals surface area contributed by atoms with Crippen LogP contribution in [0.15, 0.2) is 18.9 Å². The van der Waals surface area contributed by atoms with E-state index < -0.39 is 0 Å². The van der Waals surface area contributed by atoms with Crippen LogP contribution in [0.1, 0.15) is 55.1 Å². The van der Waals surface area contributed by atoms with E-state index in [1.165, 1.54) is 0 Å². The quantitative estimate of drug-likeness (QED) is 0.589. The minimum absolute atomic E-state index is 0.0381. The van der Waals surface area contributed by atoms with Crippen LogP contribution in [0.2, 0.25) is 0 Å². The predicted molar refractivity (Wildman–Crippen MR) is 86.8 cm³/mol. The SMILES string of the molecule is C=CCCCCCN(C)C(=O)c1cn(C2CCNCC2)nn1. The average molecular weight is 305 g/mol. The Bertz CT molecular complexity index is 479. The number of carbonyl (C=O) groups is 1. The number of nitrogens with zero attached hydrogens (tertiary/aromatic N) is 4. The first-order valence-corrected chi connectivity index (χ1v) is 8.21. The molecule has 2 rings (SSSR count). The van der Waals surface area contributed by atoms with Crippen molar-refractivity contribution in [1.29, 1.82) is 0 Å². The third kappa shape index (κ3) is 4.66. The molecule has 0 unspecified atom stereocenters. The normalized spacial score (nSPS) is 15.7. The van der Waals surface area contributed by atoms with Gasteiger partial charge < -0.3 is 10.2 Å². The second-order valence-electron chi connectivity index (χ2n) is 5.93. The van der Waals surface area contributed by atoms with E-state index in [-0.39, 0.29) is 5.91 Å². The first-order valence-electron chi connectivity index (χ1n) is 8.21. The lowest BCUT2D eigenvalue weighted by Crippen LogP contribution is -2.30. The average Bonchev–Trinajstić information content (AvgIpc) is 3.04. The molecule has 0 aliphatic carbocycles. The summed E-state index contributed by atoms with van der Waals surface area (Å²) in [5.74, 6) is -0.0381. The standard InChI is InChI=1S/C16H27N5O/c1-3-4-5-6-7-12-20(2)16(22)15-13-21(19-18-15)14-8-10-17-11-9-14/h3,13-14,17H,1,4-12H2,2H3. The lowest BCUT2D eigenvalue weighted by Gasteiger charge is -2.22. The van der Waals surface area contributed by atoms with Gasteiger partial charge >= 0.3 is 0 Å². The Morgan fingerprint density at radius 1 is 1.45 bits per heavy atom. The van der Waals surface area contributed by atoms with Crippen LogP contribution < -0.4 is 5.32 Å². The van der Waals surface area contributed by atoms with Gasteiger partial charge in [-0.2, -0.15) is 0 Å². The zero-order chi connectivity index (χ0) is 15.8. The van der Waals surface area contributed by atoms with Crippen LogP contribution in [0, 0.1) is 0 Å². The molecule has 1 N–H and O–H groups in total. The summed E-state index contributed by atoms with van der Waals surface area (Å²) < 4.78 is 1.85. The molecule has 1 amide bonds. The minimum Gasteiger partial charge on any atom is -0.340 e. The molecule has 22 heavy (non-hydrogen) atoms. The van der Waals surface area contributed by atoms with Gasteiger partial charge in [-0.15, -0.1) is 11.7 Å². The third-order valence-electron chi connectivity index (χ3n) is 4.16. The lowest BCUT2D eigenvalue weighted by molar-refractivity contribution is 0.0786. The summed E-state index contributed by atoms with van der Waals surface area (Å²) in [7, 11) is 1.83. The smallest absolute Gasteiger partial charge is 0.275 e. The van der Waals surface area contributed by atoms with Crippen molar-refractivity contribution in [2.24, 2.45) is 0 Å². The maximum Gasteiger partial charge on any atom is 0.275 e. The molecular weight excluding hydrogens is 278 g/mol. The van der Waals surface area contributed by atoms with Gasteiger partial charge in [-0.3, -0.25) is 4.79 Å². The van der Waals surface area contributed by atoms with Gasteiger partial charge in [-0.1, -0.05) is 17.7 Å². The van der Waals surface area contributed by atoms with Crippen LogP contribution in [0.5, 0.6) is 0 Å². The number of hydrogen-bond donors (Lipinski definition) is 1. The lowest BCUT2D eigenvalue weighted by atomic mass is 10.1. The molecule has 6 heteroatoms. The number of carbonyl (C=O) groups excluding carboxylic acids is 1. The molecule has 6 nitrogen and oxygen atoms in total. The molecule has 0 atom stereocenters. The largest absolute Gasteiger partial charge is 0.340 e. The molecular formula is C16H27N5O. The van der Waals surface area contributed by atoms with Crippen LogP contribution in [0.4, 0.5) is 0 Å². The van der Waals surface area contributed by atoms with E-state index in [0.717, 1.165) is 58.2 Å². The molecule has 1 aromatic heterocycles. The zero-order valence-corrected chi connectivity index (χ0v) is 13.5. The van der Waals surface area contributed by atoms with E-state index in [4.69, 9.17) is 0 Å². The van der Waals surface area contributed by atoms with E-state index in [2.05, 4.69) is 22.2 Å². The Labute approximate surface area is 132 Å². The maximum atomic E-state index is 12.3. The second kappa shape index (κ2) is 8.68. The van der Waals surface area contributed by atoms with Crippen molar-refractivity contribution in [3.8, 4) is 0 Å². The fourth-order valence-corrected chi connectivity index (χ4v) is 2.74. The second-order valence-corrected chi connectivity index (χ2v) is 5.93. The molecule has 1 aromatic rings. The Kier molecular flexibility index (Phi) is 6.58. The van der Waals surface area contributed by atoms with Gasteiger partial charge in [0.1, 0.15) is 0 Å². The van der Waals surface area contributed by atoms with Gasteiger partial charge in [0.2, 0.25) is 0 Å². The van der Waals surface area contributed by atoms with Gasteiger partial charge in [0.05, 0.1) is 12.2 Å². The van der Waals surface area contributed by atoms with Crippen LogP contribution in [0.3, 0.4) is 0 Å². The van der Waals surface area contributed by atoms with Crippen molar-refractivity contribution in [3.63, 3.8) is 0 Å². The molecule has 0 bridgehead atoms. The molecule has 1 fully saturated rings. The van der Waals surface area contributed by atoms with Gasteiger partial charge in [-0.25, -0.2) is 4.68 Å². The number of aromatic nitrogens is 3. The van der Waals surface area contributed by atoms with E-state index in [9.17, 15) is 4.79 Å². The Hall–Kier alpha value is -1.69. The number of rotatable bonds is 8. The summed E-state index contributed by atoms with van der Waals surface area (Å²) in [6.45, 7) is 6.47. The van der Waals surface area contributed by atoms with Gasteiger partial charge in [-0.05, 0) is 45.2 Å². The van der Waals surface area contributed by atoms with Crippen LogP contribution >= 0.6 is 0 Å². The van der Waals surface area contributed by atoms with Crippen molar-refractivity contribution in [2.45, 2.75) is 44.6 Å². The molecule has 1 aliphatic heterocycles. The number of piperidine rings is 1. The Morgan fingerprint density at radius 3 is 2.95 bits per heavy atom. The predicted octanol–water partition coefficient (Wildman–Crippen LogP) is 2.02. The summed E-state index contributed by atoms with van der Waals surface area (Å²) in [6, 6.07) is 0.361. The molecule has 0 spiro atoms. The maximum absolute atomic E-state index is 12.3. The summed E-state index contributed by atoms with van der Waals surface area (Å²) in [4.78, 5) is 14.1. The number of unbranched alkanes of at least 4 members (excludes halogenated alkanes) is 3. The van der Waals surface area contributed by atoms with Crippen LogP contribution in [-0.2, 0) is 0 Å². The summed E-state index contributed by atoms with van der Waals surface area (Å²) in [5.41, 5.74) is 0.451. The monoisotopic (exact) mass is 305 g/mol. The van der Waals surface area contributed by atoms with Crippen molar-refractivity contribution in [2.75, 3.05) is 26.7 Å². The van der Waals surface area contributed by atoms with E-state index >= 15 is 0 Å². The molecule has 0 radical (unpaired) electrons. The minimum atomic E-state index is -0.0381. The molecule has 122 valence electrons. The number of amides is 1. The first kappa shape index (κ1) is 16.7. The zero-order valence-electron chi connectivity index (χ0n) is 13.5.